The Hall–Kier alpha value is -4.25. The molecule has 0 aliphatic carbocycles. The van der Waals surface area contributed by atoms with Gasteiger partial charge in [0.05, 0.1) is 37.8 Å². The molecule has 1 aromatic carbocycles. The predicted molar refractivity (Wildman–Crippen MR) is 109 cm³/mol. The Morgan fingerprint density at radius 2 is 2.03 bits per heavy atom. The molecule has 0 bridgehead atoms. The summed E-state index contributed by atoms with van der Waals surface area (Å²) >= 11 is 0. The van der Waals surface area contributed by atoms with E-state index >= 15 is 0 Å². The molecule has 3 aromatic heterocycles. The van der Waals surface area contributed by atoms with Gasteiger partial charge < -0.3 is 9.30 Å². The van der Waals surface area contributed by atoms with Crippen LogP contribution in [-0.4, -0.2) is 32.0 Å². The molecule has 0 N–H and O–H groups in total. The van der Waals surface area contributed by atoms with Gasteiger partial charge in [0.25, 0.3) is 5.56 Å². The SMILES string of the molecule is COc1cccc(C(=O)Cn2cnc3c(C#N)cn(Cc4ccccn4)c3c2=O)c1. The Bertz CT molecular complexity index is 1330. The number of nitrogens with zero attached hydrogens (tertiary/aromatic N) is 5. The molecule has 0 aliphatic rings. The molecule has 0 unspecified atom stereocenters. The van der Waals surface area contributed by atoms with Gasteiger partial charge in [-0.25, -0.2) is 4.98 Å². The van der Waals surface area contributed by atoms with Crippen molar-refractivity contribution in [3.8, 4) is 11.8 Å². The molecule has 4 rings (SSSR count). The average molecular weight is 399 g/mol. The number of carbonyl (C=O) groups excluding carboxylic acids is 1. The molecule has 30 heavy (non-hydrogen) atoms. The Kier molecular flexibility index (Phi) is 5.09. The molecule has 0 aliphatic heterocycles. The lowest BCUT2D eigenvalue weighted by Crippen LogP contribution is -2.26. The van der Waals surface area contributed by atoms with Crippen LogP contribution in [0.4, 0.5) is 0 Å². The molecule has 0 atom stereocenters. The minimum absolute atomic E-state index is 0.175. The van der Waals surface area contributed by atoms with E-state index in [1.54, 1.807) is 47.3 Å². The van der Waals surface area contributed by atoms with Crippen molar-refractivity contribution in [1.29, 1.82) is 5.26 Å². The molecular formula is C22H17N5O3. The Balaban J connectivity index is 1.74. The van der Waals surface area contributed by atoms with Gasteiger partial charge in [-0.1, -0.05) is 18.2 Å². The van der Waals surface area contributed by atoms with Crippen LogP contribution in [0, 0.1) is 11.3 Å². The fraction of sp³-hybridized carbons (Fsp3) is 0.136. The molecule has 3 heterocycles. The predicted octanol–water partition coefficient (Wildman–Crippen LogP) is 2.40. The highest BCUT2D eigenvalue weighted by Gasteiger charge is 2.17. The minimum atomic E-state index is -0.395. The molecule has 8 heteroatoms. The number of pyridine rings is 1. The molecule has 0 saturated heterocycles. The van der Waals surface area contributed by atoms with Crippen molar-refractivity contribution < 1.29 is 9.53 Å². The van der Waals surface area contributed by atoms with E-state index in [2.05, 4.69) is 16.0 Å². The van der Waals surface area contributed by atoms with Crippen molar-refractivity contribution in [3.05, 3.63) is 88.4 Å². The number of hydrogen-bond donors (Lipinski definition) is 0. The highest BCUT2D eigenvalue weighted by atomic mass is 16.5. The lowest BCUT2D eigenvalue weighted by atomic mass is 10.1. The van der Waals surface area contributed by atoms with E-state index < -0.39 is 5.56 Å². The van der Waals surface area contributed by atoms with Crippen molar-refractivity contribution in [2.24, 2.45) is 0 Å². The summed E-state index contributed by atoms with van der Waals surface area (Å²) in [7, 11) is 1.52. The summed E-state index contributed by atoms with van der Waals surface area (Å²) in [6.07, 6.45) is 4.55. The summed E-state index contributed by atoms with van der Waals surface area (Å²) in [6.45, 7) is 0.134. The maximum atomic E-state index is 13.2. The van der Waals surface area contributed by atoms with Gasteiger partial charge in [-0.05, 0) is 24.3 Å². The number of ketones is 1. The van der Waals surface area contributed by atoms with Crippen LogP contribution in [0.1, 0.15) is 21.6 Å². The highest BCUT2D eigenvalue weighted by molar-refractivity contribution is 5.96. The van der Waals surface area contributed by atoms with E-state index in [0.717, 1.165) is 5.69 Å². The third kappa shape index (κ3) is 3.56. The lowest BCUT2D eigenvalue weighted by molar-refractivity contribution is 0.0970. The van der Waals surface area contributed by atoms with Gasteiger partial charge in [0.1, 0.15) is 22.9 Å². The minimum Gasteiger partial charge on any atom is -0.497 e. The molecule has 8 nitrogen and oxygen atoms in total. The number of carbonyl (C=O) groups is 1. The van der Waals surface area contributed by atoms with Crippen LogP contribution in [0.5, 0.6) is 5.75 Å². The molecule has 0 radical (unpaired) electrons. The molecule has 0 spiro atoms. The number of rotatable bonds is 6. The largest absolute Gasteiger partial charge is 0.497 e. The molecule has 4 aromatic rings. The number of methoxy groups -OCH3 is 1. The zero-order valence-corrected chi connectivity index (χ0v) is 16.1. The molecule has 0 saturated carbocycles. The van der Waals surface area contributed by atoms with E-state index in [1.807, 2.05) is 12.1 Å². The van der Waals surface area contributed by atoms with Crippen LogP contribution >= 0.6 is 0 Å². The topological polar surface area (TPSA) is 103 Å². The van der Waals surface area contributed by atoms with Crippen LogP contribution in [0.2, 0.25) is 0 Å². The van der Waals surface area contributed by atoms with Crippen molar-refractivity contribution in [1.82, 2.24) is 19.1 Å². The smallest absolute Gasteiger partial charge is 0.278 e. The second-order valence-corrected chi connectivity index (χ2v) is 6.63. The number of ether oxygens (including phenoxy) is 1. The van der Waals surface area contributed by atoms with Gasteiger partial charge >= 0.3 is 0 Å². The van der Waals surface area contributed by atoms with Gasteiger partial charge in [-0.15, -0.1) is 0 Å². The Labute approximate surface area is 171 Å². The summed E-state index contributed by atoms with van der Waals surface area (Å²) in [5, 5.41) is 9.42. The van der Waals surface area contributed by atoms with E-state index in [9.17, 15) is 14.9 Å². The van der Waals surface area contributed by atoms with Gasteiger partial charge in [0, 0.05) is 18.0 Å². The summed E-state index contributed by atoms with van der Waals surface area (Å²) in [6, 6.07) is 14.3. The number of aromatic nitrogens is 4. The summed E-state index contributed by atoms with van der Waals surface area (Å²) in [5.41, 5.74) is 1.64. The first-order valence-corrected chi connectivity index (χ1v) is 9.16. The summed E-state index contributed by atoms with van der Waals surface area (Å²) in [5.74, 6) is 0.310. The molecule has 148 valence electrons. The van der Waals surface area contributed by atoms with Crippen LogP contribution in [0.15, 0.2) is 66.0 Å². The highest BCUT2D eigenvalue weighted by Crippen LogP contribution is 2.17. The zero-order valence-electron chi connectivity index (χ0n) is 16.1. The number of hydrogen-bond acceptors (Lipinski definition) is 6. The number of Topliss-reactive ketones (excluding diaryl/α,β-unsaturated/α-hetero) is 1. The van der Waals surface area contributed by atoms with E-state index in [-0.39, 0.29) is 17.8 Å². The van der Waals surface area contributed by atoms with Crippen molar-refractivity contribution in [2.75, 3.05) is 7.11 Å². The fourth-order valence-corrected chi connectivity index (χ4v) is 3.24. The van der Waals surface area contributed by atoms with E-state index in [0.29, 0.717) is 28.9 Å². The quantitative estimate of drug-likeness (QED) is 0.461. The van der Waals surface area contributed by atoms with Crippen molar-refractivity contribution in [2.45, 2.75) is 13.1 Å². The standard InChI is InChI=1S/C22H17N5O3/c1-30-18-7-4-5-15(9-18)19(28)13-27-14-25-20-16(10-23)11-26(21(20)22(27)29)12-17-6-2-3-8-24-17/h2-9,11,14H,12-13H2,1H3. The first-order chi connectivity index (χ1) is 14.6. The second-order valence-electron chi connectivity index (χ2n) is 6.63. The molecule has 0 amide bonds. The van der Waals surface area contributed by atoms with Crippen LogP contribution in [0.3, 0.4) is 0 Å². The number of nitriles is 1. The summed E-state index contributed by atoms with van der Waals surface area (Å²) in [4.78, 5) is 34.4. The summed E-state index contributed by atoms with van der Waals surface area (Å²) < 4.78 is 8.05. The Morgan fingerprint density at radius 1 is 1.17 bits per heavy atom. The van der Waals surface area contributed by atoms with Crippen LogP contribution < -0.4 is 10.3 Å². The maximum absolute atomic E-state index is 13.2. The molecular weight excluding hydrogens is 382 g/mol. The lowest BCUT2D eigenvalue weighted by Gasteiger charge is -2.08. The normalized spacial score (nSPS) is 10.7. The third-order valence-electron chi connectivity index (χ3n) is 4.73. The maximum Gasteiger partial charge on any atom is 0.278 e. The third-order valence-corrected chi connectivity index (χ3v) is 4.73. The number of fused-ring (bicyclic) bond motifs is 1. The van der Waals surface area contributed by atoms with Crippen LogP contribution in [-0.2, 0) is 13.1 Å². The average Bonchev–Trinajstić information content (AvgIpc) is 3.14. The zero-order chi connectivity index (χ0) is 21.1. The first-order valence-electron chi connectivity index (χ1n) is 9.16. The van der Waals surface area contributed by atoms with Gasteiger partial charge in [-0.3, -0.25) is 19.1 Å². The monoisotopic (exact) mass is 399 g/mol. The fourth-order valence-electron chi connectivity index (χ4n) is 3.24. The Morgan fingerprint density at radius 3 is 2.77 bits per heavy atom. The number of benzene rings is 1. The van der Waals surface area contributed by atoms with Gasteiger partial charge in [0.15, 0.2) is 5.78 Å². The second kappa shape index (κ2) is 8.01. The van der Waals surface area contributed by atoms with Gasteiger partial charge in [0.2, 0.25) is 0 Å². The molecule has 0 fully saturated rings. The van der Waals surface area contributed by atoms with E-state index in [1.165, 1.54) is 18.0 Å². The van der Waals surface area contributed by atoms with E-state index in [4.69, 9.17) is 4.74 Å². The van der Waals surface area contributed by atoms with Crippen molar-refractivity contribution >= 4 is 16.8 Å². The first kappa shape index (κ1) is 19.1. The van der Waals surface area contributed by atoms with Crippen molar-refractivity contribution in [3.63, 3.8) is 0 Å². The van der Waals surface area contributed by atoms with Crippen LogP contribution in [0.25, 0.3) is 11.0 Å². The van der Waals surface area contributed by atoms with Gasteiger partial charge in [-0.2, -0.15) is 5.26 Å².